The summed E-state index contributed by atoms with van der Waals surface area (Å²) in [6, 6.07) is 7.56. The molecule has 1 aliphatic rings. The first-order valence-electron chi connectivity index (χ1n) is 6.16. The van der Waals surface area contributed by atoms with Crippen molar-refractivity contribution < 1.29 is 13.2 Å². The summed E-state index contributed by atoms with van der Waals surface area (Å²) < 4.78 is 24.5. The Morgan fingerprint density at radius 3 is 2.20 bits per heavy atom. The smallest absolute Gasteiger partial charge is 0.277 e. The fourth-order valence-electron chi connectivity index (χ4n) is 2.08. The summed E-state index contributed by atoms with van der Waals surface area (Å²) in [7, 11) is -3.65. The van der Waals surface area contributed by atoms with E-state index in [-0.39, 0.29) is 19.0 Å². The normalized spacial score (nSPS) is 17.2. The number of hydrogen-bond acceptors (Lipinski definition) is 3. The van der Waals surface area contributed by atoms with Gasteiger partial charge < -0.3 is 4.90 Å². The molecule has 0 saturated carbocycles. The van der Waals surface area contributed by atoms with E-state index in [0.29, 0.717) is 19.5 Å². The van der Waals surface area contributed by atoms with E-state index in [1.54, 1.807) is 4.90 Å². The van der Waals surface area contributed by atoms with Gasteiger partial charge in [0.1, 0.15) is 0 Å². The summed E-state index contributed by atoms with van der Waals surface area (Å²) >= 11 is 3.34. The molecule has 0 aliphatic carbocycles. The van der Waals surface area contributed by atoms with Crippen molar-refractivity contribution in [1.82, 2.24) is 9.21 Å². The molecule has 1 amide bonds. The Labute approximate surface area is 126 Å². The first kappa shape index (κ1) is 15.4. The monoisotopic (exact) mass is 361 g/mol. The van der Waals surface area contributed by atoms with E-state index in [0.717, 1.165) is 10.0 Å². The van der Waals surface area contributed by atoms with Gasteiger partial charge in [-0.1, -0.05) is 28.1 Å². The summed E-state index contributed by atoms with van der Waals surface area (Å²) in [5.74, 6) is 0.00129. The van der Waals surface area contributed by atoms with Gasteiger partial charge in [-0.3, -0.25) is 4.79 Å². The maximum absolute atomic E-state index is 12.1. The molecule has 0 spiro atoms. The van der Waals surface area contributed by atoms with Gasteiger partial charge >= 0.3 is 0 Å². The lowest BCUT2D eigenvalue weighted by Gasteiger charge is -2.33. The predicted octanol–water partition coefficient (Wildman–Crippen LogP) is 0.339. The standard InChI is InChI=1S/C12H16BrN3O3S/c13-11-3-1-10(2-4-11)9-12(17)15-5-7-16(8-6-15)20(14,18)19/h1-4H,5-9H2,(H2,14,18,19). The van der Waals surface area contributed by atoms with Crippen molar-refractivity contribution in [2.24, 2.45) is 5.14 Å². The predicted molar refractivity (Wildman–Crippen MR) is 79.1 cm³/mol. The summed E-state index contributed by atoms with van der Waals surface area (Å²) in [5.41, 5.74) is 0.937. The van der Waals surface area contributed by atoms with Gasteiger partial charge in [0, 0.05) is 30.7 Å². The van der Waals surface area contributed by atoms with Crippen molar-refractivity contribution in [2.75, 3.05) is 26.2 Å². The molecule has 2 rings (SSSR count). The lowest BCUT2D eigenvalue weighted by Crippen LogP contribution is -2.52. The molecule has 1 saturated heterocycles. The van der Waals surface area contributed by atoms with E-state index in [1.807, 2.05) is 24.3 Å². The highest BCUT2D eigenvalue weighted by molar-refractivity contribution is 9.10. The zero-order valence-corrected chi connectivity index (χ0v) is 13.2. The van der Waals surface area contributed by atoms with Crippen LogP contribution in [-0.4, -0.2) is 49.7 Å². The van der Waals surface area contributed by atoms with Gasteiger partial charge in [0.25, 0.3) is 10.2 Å². The minimum absolute atomic E-state index is 0.00129. The Morgan fingerprint density at radius 1 is 1.15 bits per heavy atom. The highest BCUT2D eigenvalue weighted by Crippen LogP contribution is 2.12. The topological polar surface area (TPSA) is 83.7 Å². The van der Waals surface area contributed by atoms with Gasteiger partial charge in [-0.15, -0.1) is 0 Å². The molecule has 2 N–H and O–H groups in total. The van der Waals surface area contributed by atoms with Crippen LogP contribution in [0.4, 0.5) is 0 Å². The minimum Gasteiger partial charge on any atom is -0.340 e. The molecular weight excluding hydrogens is 346 g/mol. The van der Waals surface area contributed by atoms with Gasteiger partial charge in [0.05, 0.1) is 6.42 Å². The molecule has 1 fully saturated rings. The number of carbonyl (C=O) groups is 1. The van der Waals surface area contributed by atoms with E-state index in [9.17, 15) is 13.2 Å². The van der Waals surface area contributed by atoms with Crippen LogP contribution in [0, 0.1) is 0 Å². The van der Waals surface area contributed by atoms with Crippen molar-refractivity contribution in [1.29, 1.82) is 0 Å². The molecule has 110 valence electrons. The summed E-state index contributed by atoms with van der Waals surface area (Å²) in [5, 5.41) is 5.06. The summed E-state index contributed by atoms with van der Waals surface area (Å²) in [4.78, 5) is 13.8. The minimum atomic E-state index is -3.65. The van der Waals surface area contributed by atoms with Gasteiger partial charge in [-0.2, -0.15) is 12.7 Å². The van der Waals surface area contributed by atoms with E-state index >= 15 is 0 Å². The largest absolute Gasteiger partial charge is 0.340 e. The average molecular weight is 362 g/mol. The Morgan fingerprint density at radius 2 is 1.70 bits per heavy atom. The van der Waals surface area contributed by atoms with Crippen LogP contribution in [0.25, 0.3) is 0 Å². The Balaban J connectivity index is 1.90. The van der Waals surface area contributed by atoms with Crippen molar-refractivity contribution >= 4 is 32.0 Å². The second kappa shape index (κ2) is 6.21. The van der Waals surface area contributed by atoms with E-state index in [4.69, 9.17) is 5.14 Å². The molecule has 1 aromatic carbocycles. The molecule has 1 heterocycles. The van der Waals surface area contributed by atoms with Crippen LogP contribution < -0.4 is 5.14 Å². The lowest BCUT2D eigenvalue weighted by atomic mass is 10.1. The van der Waals surface area contributed by atoms with Crippen LogP contribution in [0.2, 0.25) is 0 Å². The van der Waals surface area contributed by atoms with Crippen molar-refractivity contribution in [3.05, 3.63) is 34.3 Å². The first-order valence-corrected chi connectivity index (χ1v) is 8.46. The molecule has 8 heteroatoms. The SMILES string of the molecule is NS(=O)(=O)N1CCN(C(=O)Cc2ccc(Br)cc2)CC1. The van der Waals surface area contributed by atoms with E-state index in [1.165, 1.54) is 4.31 Å². The van der Waals surface area contributed by atoms with E-state index in [2.05, 4.69) is 15.9 Å². The fourth-order valence-corrected chi connectivity index (χ4v) is 3.02. The summed E-state index contributed by atoms with van der Waals surface area (Å²) in [6.45, 7) is 1.27. The Bertz CT molecular complexity index is 580. The molecule has 0 atom stereocenters. The Kier molecular flexibility index (Phi) is 4.79. The van der Waals surface area contributed by atoms with Gasteiger partial charge in [-0.25, -0.2) is 5.14 Å². The van der Waals surface area contributed by atoms with Crippen LogP contribution in [-0.2, 0) is 21.4 Å². The molecule has 0 aromatic heterocycles. The van der Waals surface area contributed by atoms with Gasteiger partial charge in [0.15, 0.2) is 0 Å². The second-order valence-corrected chi connectivity index (χ2v) is 7.09. The number of nitrogens with zero attached hydrogens (tertiary/aromatic N) is 2. The quantitative estimate of drug-likeness (QED) is 0.842. The molecule has 0 radical (unpaired) electrons. The van der Waals surface area contributed by atoms with E-state index < -0.39 is 10.2 Å². The van der Waals surface area contributed by atoms with Crippen molar-refractivity contribution in [2.45, 2.75) is 6.42 Å². The number of carbonyl (C=O) groups excluding carboxylic acids is 1. The number of nitrogens with two attached hydrogens (primary N) is 1. The number of piperazine rings is 1. The number of amides is 1. The van der Waals surface area contributed by atoms with Crippen LogP contribution in [0.15, 0.2) is 28.7 Å². The molecule has 1 aliphatic heterocycles. The van der Waals surface area contributed by atoms with Gasteiger partial charge in [0.2, 0.25) is 5.91 Å². The fraction of sp³-hybridized carbons (Fsp3) is 0.417. The molecule has 0 bridgehead atoms. The molecule has 20 heavy (non-hydrogen) atoms. The summed E-state index contributed by atoms with van der Waals surface area (Å²) in [6.07, 6.45) is 0.322. The molecule has 0 unspecified atom stereocenters. The van der Waals surface area contributed by atoms with Crippen molar-refractivity contribution in [3.8, 4) is 0 Å². The maximum atomic E-state index is 12.1. The highest BCUT2D eigenvalue weighted by Gasteiger charge is 2.26. The zero-order chi connectivity index (χ0) is 14.8. The number of rotatable bonds is 3. The number of halogens is 1. The third-order valence-corrected chi connectivity index (χ3v) is 4.83. The van der Waals surface area contributed by atoms with Crippen LogP contribution in [0.5, 0.6) is 0 Å². The van der Waals surface area contributed by atoms with Crippen LogP contribution in [0.3, 0.4) is 0 Å². The zero-order valence-electron chi connectivity index (χ0n) is 10.8. The maximum Gasteiger partial charge on any atom is 0.277 e. The highest BCUT2D eigenvalue weighted by atomic mass is 79.9. The average Bonchev–Trinajstić information content (AvgIpc) is 2.40. The first-order chi connectivity index (χ1) is 9.36. The number of hydrogen-bond donors (Lipinski definition) is 1. The lowest BCUT2D eigenvalue weighted by molar-refractivity contribution is -0.131. The Hall–Kier alpha value is -0.960. The third kappa shape index (κ3) is 4.02. The molecule has 6 nitrogen and oxygen atoms in total. The number of benzene rings is 1. The van der Waals surface area contributed by atoms with Crippen LogP contribution >= 0.6 is 15.9 Å². The van der Waals surface area contributed by atoms with Gasteiger partial charge in [-0.05, 0) is 17.7 Å². The molecular formula is C12H16BrN3O3S. The van der Waals surface area contributed by atoms with Crippen LogP contribution in [0.1, 0.15) is 5.56 Å². The molecule has 1 aromatic rings. The third-order valence-electron chi connectivity index (χ3n) is 3.22. The van der Waals surface area contributed by atoms with Crippen molar-refractivity contribution in [3.63, 3.8) is 0 Å². The second-order valence-electron chi connectivity index (χ2n) is 4.63.